The molecular weight excluding hydrogens is 353 g/mol. The molecule has 134 valence electrons. The van der Waals surface area contributed by atoms with Crippen molar-refractivity contribution in [3.63, 3.8) is 0 Å². The molecule has 0 unspecified atom stereocenters. The van der Waals surface area contributed by atoms with Gasteiger partial charge in [-0.25, -0.2) is 9.37 Å². The minimum absolute atomic E-state index is 0.115. The first-order valence-electron chi connectivity index (χ1n) is 8.65. The summed E-state index contributed by atoms with van der Waals surface area (Å²) < 4.78 is 13.6. The van der Waals surface area contributed by atoms with Crippen molar-refractivity contribution in [3.05, 3.63) is 62.3 Å². The van der Waals surface area contributed by atoms with Gasteiger partial charge in [0.05, 0.1) is 5.39 Å². The summed E-state index contributed by atoms with van der Waals surface area (Å²) in [6.45, 7) is 0.145. The van der Waals surface area contributed by atoms with E-state index >= 15 is 0 Å². The van der Waals surface area contributed by atoms with Crippen molar-refractivity contribution in [1.29, 1.82) is 0 Å². The van der Waals surface area contributed by atoms with Crippen LogP contribution >= 0.6 is 11.3 Å². The predicted molar refractivity (Wildman–Crippen MR) is 98.8 cm³/mol. The van der Waals surface area contributed by atoms with Crippen LogP contribution in [0, 0.1) is 5.82 Å². The fourth-order valence-electron chi connectivity index (χ4n) is 3.32. The predicted octanol–water partition coefficient (Wildman–Crippen LogP) is 2.86. The molecule has 5 nitrogen and oxygen atoms in total. The number of nitrogens with zero attached hydrogens (tertiary/aromatic N) is 1. The van der Waals surface area contributed by atoms with Crippen LogP contribution in [0.5, 0.6) is 0 Å². The maximum Gasteiger partial charge on any atom is 0.259 e. The molecule has 0 saturated carbocycles. The smallest absolute Gasteiger partial charge is 0.259 e. The number of rotatable bonds is 5. The maximum atomic E-state index is 13.6. The lowest BCUT2D eigenvalue weighted by molar-refractivity contribution is -0.121. The Bertz CT molecular complexity index is 1040. The van der Waals surface area contributed by atoms with E-state index in [4.69, 9.17) is 0 Å². The number of aromatic amines is 1. The number of amides is 1. The largest absolute Gasteiger partial charge is 0.352 e. The Morgan fingerprint density at radius 2 is 2.15 bits per heavy atom. The van der Waals surface area contributed by atoms with Crippen molar-refractivity contribution in [2.75, 3.05) is 0 Å². The molecule has 0 saturated heterocycles. The van der Waals surface area contributed by atoms with Crippen LogP contribution in [-0.4, -0.2) is 15.9 Å². The number of thiophene rings is 1. The molecule has 0 radical (unpaired) electrons. The van der Waals surface area contributed by atoms with Gasteiger partial charge in [-0.1, -0.05) is 18.2 Å². The summed E-state index contributed by atoms with van der Waals surface area (Å²) in [5.74, 6) is -0.0249. The average Bonchev–Trinajstić information content (AvgIpc) is 3.19. The molecule has 3 aromatic rings. The van der Waals surface area contributed by atoms with Gasteiger partial charge in [0.2, 0.25) is 5.91 Å². The van der Waals surface area contributed by atoms with E-state index in [1.54, 1.807) is 29.5 Å². The summed E-state index contributed by atoms with van der Waals surface area (Å²) in [7, 11) is 0. The van der Waals surface area contributed by atoms with Crippen LogP contribution in [0.15, 0.2) is 29.1 Å². The van der Waals surface area contributed by atoms with Crippen molar-refractivity contribution in [1.82, 2.24) is 15.3 Å². The Kier molecular flexibility index (Phi) is 4.55. The van der Waals surface area contributed by atoms with Crippen LogP contribution < -0.4 is 10.9 Å². The van der Waals surface area contributed by atoms with Crippen molar-refractivity contribution in [2.24, 2.45) is 0 Å². The van der Waals surface area contributed by atoms with Gasteiger partial charge in [0.25, 0.3) is 5.56 Å². The Hall–Kier alpha value is -2.54. The number of carbonyl (C=O) groups excluding carboxylic acids is 1. The van der Waals surface area contributed by atoms with Gasteiger partial charge in [-0.15, -0.1) is 11.3 Å². The zero-order chi connectivity index (χ0) is 18.1. The highest BCUT2D eigenvalue weighted by Crippen LogP contribution is 2.34. The number of aryl methyl sites for hydroxylation is 3. The van der Waals surface area contributed by atoms with Gasteiger partial charge in [0.1, 0.15) is 16.5 Å². The van der Waals surface area contributed by atoms with Crippen LogP contribution in [0.1, 0.15) is 34.7 Å². The number of halogens is 1. The first-order chi connectivity index (χ1) is 12.6. The van der Waals surface area contributed by atoms with E-state index in [9.17, 15) is 14.0 Å². The molecule has 7 heteroatoms. The van der Waals surface area contributed by atoms with Crippen molar-refractivity contribution < 1.29 is 9.18 Å². The standard InChI is InChI=1S/C19H18FN3O2S/c20-13-6-2-1-4-11(13)10-21-16(24)9-8-15-22-18(25)17-12-5-3-7-14(12)26-19(17)23-15/h1-2,4,6H,3,5,7-10H2,(H,21,24)(H,22,23,25). The third-order valence-corrected chi connectivity index (χ3v) is 5.83. The maximum absolute atomic E-state index is 13.6. The molecular formula is C19H18FN3O2S. The molecule has 26 heavy (non-hydrogen) atoms. The van der Waals surface area contributed by atoms with Crippen LogP contribution in [0.4, 0.5) is 4.39 Å². The molecule has 1 aliphatic rings. The second-order valence-electron chi connectivity index (χ2n) is 6.42. The number of fused-ring (bicyclic) bond motifs is 3. The second-order valence-corrected chi connectivity index (χ2v) is 7.50. The number of H-pyrrole nitrogens is 1. The highest BCUT2D eigenvalue weighted by Gasteiger charge is 2.21. The lowest BCUT2D eigenvalue weighted by Gasteiger charge is -2.06. The number of nitrogens with one attached hydrogen (secondary N) is 2. The van der Waals surface area contributed by atoms with E-state index in [1.807, 2.05) is 0 Å². The van der Waals surface area contributed by atoms with Gasteiger partial charge < -0.3 is 10.3 Å². The summed E-state index contributed by atoms with van der Waals surface area (Å²) in [5.41, 5.74) is 1.48. The summed E-state index contributed by atoms with van der Waals surface area (Å²) >= 11 is 1.58. The summed E-state index contributed by atoms with van der Waals surface area (Å²) in [5, 5.41) is 3.42. The van der Waals surface area contributed by atoms with E-state index in [0.717, 1.165) is 35.0 Å². The van der Waals surface area contributed by atoms with E-state index in [2.05, 4.69) is 15.3 Å². The zero-order valence-corrected chi connectivity index (χ0v) is 14.9. The van der Waals surface area contributed by atoms with Crippen molar-refractivity contribution >= 4 is 27.5 Å². The van der Waals surface area contributed by atoms with E-state index < -0.39 is 0 Å². The van der Waals surface area contributed by atoms with E-state index in [1.165, 1.54) is 10.9 Å². The molecule has 0 atom stereocenters. The Labute approximate surface area is 153 Å². The fourth-order valence-corrected chi connectivity index (χ4v) is 4.60. The lowest BCUT2D eigenvalue weighted by Crippen LogP contribution is -2.24. The molecule has 1 aliphatic carbocycles. The van der Waals surface area contributed by atoms with Crippen molar-refractivity contribution in [3.8, 4) is 0 Å². The Balaban J connectivity index is 1.41. The van der Waals surface area contributed by atoms with E-state index in [-0.39, 0.29) is 30.2 Å². The van der Waals surface area contributed by atoms with Gasteiger partial charge in [-0.05, 0) is 30.9 Å². The number of hydrogen-bond acceptors (Lipinski definition) is 4. The first-order valence-corrected chi connectivity index (χ1v) is 9.47. The lowest BCUT2D eigenvalue weighted by atomic mass is 10.2. The first kappa shape index (κ1) is 16.9. The SMILES string of the molecule is O=C(CCc1nc2sc3c(c2c(=O)[nH]1)CCC3)NCc1ccccc1F. The molecule has 1 aromatic carbocycles. The van der Waals surface area contributed by atoms with Gasteiger partial charge in [-0.2, -0.15) is 0 Å². The van der Waals surface area contributed by atoms with Crippen LogP contribution in [0.2, 0.25) is 0 Å². The molecule has 0 spiro atoms. The summed E-state index contributed by atoms with van der Waals surface area (Å²) in [4.78, 5) is 33.8. The topological polar surface area (TPSA) is 74.8 Å². The minimum Gasteiger partial charge on any atom is -0.352 e. The van der Waals surface area contributed by atoms with E-state index in [0.29, 0.717) is 17.8 Å². The normalized spacial score (nSPS) is 13.1. The van der Waals surface area contributed by atoms with Gasteiger partial charge in [0, 0.05) is 29.8 Å². The number of carbonyl (C=O) groups is 1. The zero-order valence-electron chi connectivity index (χ0n) is 14.1. The number of hydrogen-bond donors (Lipinski definition) is 2. The third kappa shape index (κ3) is 3.26. The Morgan fingerprint density at radius 3 is 3.00 bits per heavy atom. The summed E-state index contributed by atoms with van der Waals surface area (Å²) in [6.07, 6.45) is 3.59. The molecule has 2 aromatic heterocycles. The van der Waals surface area contributed by atoms with Crippen LogP contribution in [0.25, 0.3) is 10.2 Å². The quantitative estimate of drug-likeness (QED) is 0.724. The highest BCUT2D eigenvalue weighted by molar-refractivity contribution is 7.18. The van der Waals surface area contributed by atoms with Gasteiger partial charge >= 0.3 is 0 Å². The molecule has 4 rings (SSSR count). The summed E-state index contributed by atoms with van der Waals surface area (Å²) in [6, 6.07) is 6.34. The number of aromatic nitrogens is 2. The molecule has 0 fully saturated rings. The second kappa shape index (κ2) is 6.99. The minimum atomic E-state index is -0.338. The van der Waals surface area contributed by atoms with Crippen LogP contribution in [-0.2, 0) is 30.6 Å². The average molecular weight is 371 g/mol. The Morgan fingerprint density at radius 1 is 1.31 bits per heavy atom. The molecule has 0 bridgehead atoms. The van der Waals surface area contributed by atoms with Crippen LogP contribution in [0.3, 0.4) is 0 Å². The third-order valence-electron chi connectivity index (χ3n) is 4.65. The van der Waals surface area contributed by atoms with Gasteiger partial charge in [-0.3, -0.25) is 9.59 Å². The number of benzene rings is 1. The molecule has 1 amide bonds. The van der Waals surface area contributed by atoms with Crippen molar-refractivity contribution in [2.45, 2.75) is 38.6 Å². The highest BCUT2D eigenvalue weighted by atomic mass is 32.1. The molecule has 2 heterocycles. The molecule has 0 aliphatic heterocycles. The van der Waals surface area contributed by atoms with Gasteiger partial charge in [0.15, 0.2) is 0 Å². The monoisotopic (exact) mass is 371 g/mol. The fraction of sp³-hybridized carbons (Fsp3) is 0.316. The molecule has 2 N–H and O–H groups in total.